The molecule has 0 saturated carbocycles. The fourth-order valence-corrected chi connectivity index (χ4v) is 8.99. The fraction of sp³-hybridized carbons (Fsp3) is 0.547. The maximum absolute atomic E-state index is 14.7. The van der Waals surface area contributed by atoms with Gasteiger partial charge in [-0.25, -0.2) is 0 Å². The molecule has 0 radical (unpaired) electrons. The summed E-state index contributed by atoms with van der Waals surface area (Å²) in [4.78, 5) is 127. The number of aliphatic hydroxyl groups is 2. The van der Waals surface area contributed by atoms with Gasteiger partial charge in [0, 0.05) is 68.0 Å². The summed E-state index contributed by atoms with van der Waals surface area (Å²) in [6.45, 7) is 9.58. The average molecular weight is 1160 g/mol. The molecule has 0 spiro atoms. The monoisotopic (exact) mass is 1150 g/mol. The van der Waals surface area contributed by atoms with Crippen molar-refractivity contribution in [3.63, 3.8) is 0 Å². The molecule has 0 unspecified atom stereocenters. The molecule has 17 N–H and O–H groups in total. The first-order valence-electron chi connectivity index (χ1n) is 26.7. The van der Waals surface area contributed by atoms with Gasteiger partial charge in [0.15, 0.2) is 5.96 Å². The highest BCUT2D eigenvalue weighted by Crippen LogP contribution is 2.20. The Balaban J connectivity index is 1.93. The maximum atomic E-state index is 14.7. The van der Waals surface area contributed by atoms with Crippen LogP contribution in [-0.2, 0) is 56.0 Å². The Bertz CT molecular complexity index is 2530. The Labute approximate surface area is 477 Å². The molecule has 27 heteroatoms. The number of hydrogen-bond acceptors (Lipinski definition) is 15. The molecule has 9 amide bonds. The maximum Gasteiger partial charge on any atom is 0.245 e. The third-order valence-electron chi connectivity index (χ3n) is 13.0. The van der Waals surface area contributed by atoms with Crippen molar-refractivity contribution in [2.45, 2.75) is 147 Å². The van der Waals surface area contributed by atoms with Gasteiger partial charge in [0.2, 0.25) is 53.2 Å². The molecular formula is C53H82N14O11S2. The number of para-hydroxylation sites is 1. The number of nitrogens with two attached hydrogens (primary N) is 2. The van der Waals surface area contributed by atoms with E-state index in [0.29, 0.717) is 56.4 Å². The zero-order valence-electron chi connectivity index (χ0n) is 46.0. The number of thiol groups is 2. The zero-order valence-corrected chi connectivity index (χ0v) is 47.8. The summed E-state index contributed by atoms with van der Waals surface area (Å²) in [6.07, 6.45) is 0.417. The second-order valence-corrected chi connectivity index (χ2v) is 20.0. The molecule has 0 fully saturated rings. The van der Waals surface area contributed by atoms with Gasteiger partial charge in [0.05, 0.1) is 12.2 Å². The first-order chi connectivity index (χ1) is 38.1. The lowest BCUT2D eigenvalue weighted by molar-refractivity contribution is -0.137. The minimum absolute atomic E-state index is 0.0295. The summed E-state index contributed by atoms with van der Waals surface area (Å²) < 4.78 is 0. The van der Waals surface area contributed by atoms with Gasteiger partial charge in [-0.2, -0.15) is 25.3 Å². The molecule has 0 saturated heterocycles. The number of carbonyl (C=O) groups is 9. The number of aromatic amines is 1. The number of fused-ring (bicyclic) bond motifs is 1. The molecule has 0 aliphatic rings. The molecule has 25 nitrogen and oxygen atoms in total. The van der Waals surface area contributed by atoms with Gasteiger partial charge in [-0.1, -0.05) is 48.5 Å². The number of nitrogens with zero attached hydrogens (tertiary/aromatic N) is 1. The van der Waals surface area contributed by atoms with E-state index in [-0.39, 0.29) is 49.7 Å². The first-order valence-corrected chi connectivity index (χ1v) is 28.0. The molecular weight excluding hydrogens is 1070 g/mol. The second-order valence-electron chi connectivity index (χ2n) is 19.3. The summed E-state index contributed by atoms with van der Waals surface area (Å²) in [7, 11) is 0. The van der Waals surface area contributed by atoms with Crippen molar-refractivity contribution in [1.82, 2.24) is 57.7 Å². The highest BCUT2D eigenvalue weighted by Gasteiger charge is 2.36. The standard InChI is InChI=1S/C53H82N14O11S2/c1-6-67(7-2)53(56)57-24-16-14-22-37(59-32(5)70)46(72)63-41(28-79)50(76)61-39(25-33-17-9-8-10-18-33)48(74)62-40(26-34-27-58-36-20-12-11-19-35(34)36)49(75)60-38(21-13-15-23-54)47(73)66-44(31(4)69)52(78)64-42(29-80)51(77)65-43(30(3)68)45(55)71/h8-12,17-20,27,30-31,37-44,58,68-69,79-80H,6-7,13-16,21-26,28-29,54H2,1-5H3,(H2,55,71)(H2,56,57)(H,59,70)(H,60,75)(H,61,76)(H,62,74)(H,63,72)(H,64,78)(H,65,77)(H,66,73)/t30-,31-,37-,38+,39+,40-,41+,42+,43+,44+/m1/s1. The van der Waals surface area contributed by atoms with Crippen LogP contribution in [0, 0.1) is 5.41 Å². The predicted octanol–water partition coefficient (Wildman–Crippen LogP) is -1.88. The van der Waals surface area contributed by atoms with E-state index in [9.17, 15) is 53.4 Å². The highest BCUT2D eigenvalue weighted by molar-refractivity contribution is 7.80. The van der Waals surface area contributed by atoms with Gasteiger partial charge in [0.1, 0.15) is 48.3 Å². The van der Waals surface area contributed by atoms with Crippen LogP contribution in [0.2, 0.25) is 0 Å². The molecule has 1 aromatic heterocycles. The van der Waals surface area contributed by atoms with Crippen LogP contribution in [0.3, 0.4) is 0 Å². The number of rotatable bonds is 35. The van der Waals surface area contributed by atoms with Gasteiger partial charge >= 0.3 is 0 Å². The third-order valence-corrected chi connectivity index (χ3v) is 13.7. The van der Waals surface area contributed by atoms with Crippen LogP contribution in [0.25, 0.3) is 10.9 Å². The van der Waals surface area contributed by atoms with E-state index in [1.807, 2.05) is 36.9 Å². The van der Waals surface area contributed by atoms with Crippen LogP contribution in [0.1, 0.15) is 84.3 Å². The number of aromatic nitrogens is 1. The number of carbonyl (C=O) groups excluding carboxylic acids is 9. The summed E-state index contributed by atoms with van der Waals surface area (Å²) in [5.41, 5.74) is 13.0. The number of guanidine groups is 1. The molecule has 442 valence electrons. The Morgan fingerprint density at radius 3 is 1.61 bits per heavy atom. The Morgan fingerprint density at radius 1 is 0.600 bits per heavy atom. The molecule has 0 bridgehead atoms. The van der Waals surface area contributed by atoms with Crippen molar-refractivity contribution in [3.8, 4) is 0 Å². The average Bonchev–Trinajstić information content (AvgIpc) is 3.84. The Hall–Kier alpha value is -6.94. The van der Waals surface area contributed by atoms with Crippen LogP contribution in [0.15, 0.2) is 60.8 Å². The SMILES string of the molecule is CCN(CC)C(=N)NCCCC[C@@H](NC(C)=O)C(=O)N[C@@H](CS)C(=O)N[C@@H](Cc1ccccc1)C(=O)N[C@H](Cc1c[nH]c2ccccc12)C(=O)N[C@@H](CCCCN)C(=O)N[C@H](C(=O)N[C@@H](CS)C(=O)N[C@H](C(N)=O)[C@@H](C)O)[C@@H](C)O. The first kappa shape index (κ1) is 67.3. The van der Waals surface area contributed by atoms with E-state index in [0.717, 1.165) is 10.9 Å². The van der Waals surface area contributed by atoms with E-state index in [1.54, 1.807) is 42.6 Å². The zero-order chi connectivity index (χ0) is 59.5. The van der Waals surface area contributed by atoms with E-state index >= 15 is 0 Å². The van der Waals surface area contributed by atoms with E-state index in [2.05, 4.69) is 78.1 Å². The summed E-state index contributed by atoms with van der Waals surface area (Å²) >= 11 is 8.48. The van der Waals surface area contributed by atoms with Gasteiger partial charge in [-0.05, 0) is 90.0 Å². The van der Waals surface area contributed by atoms with Crippen molar-refractivity contribution in [2.75, 3.05) is 37.7 Å². The minimum Gasteiger partial charge on any atom is -0.391 e. The van der Waals surface area contributed by atoms with Crippen LogP contribution < -0.4 is 59.3 Å². The molecule has 2 aromatic carbocycles. The molecule has 80 heavy (non-hydrogen) atoms. The molecule has 1 heterocycles. The molecule has 0 aliphatic heterocycles. The van der Waals surface area contributed by atoms with Crippen LogP contribution in [0.4, 0.5) is 0 Å². The van der Waals surface area contributed by atoms with Crippen molar-refractivity contribution >= 4 is 95.3 Å². The lowest BCUT2D eigenvalue weighted by atomic mass is 10.0. The number of benzene rings is 2. The number of aliphatic hydroxyl groups excluding tert-OH is 2. The van der Waals surface area contributed by atoms with Crippen LogP contribution >= 0.6 is 25.3 Å². The topological polar surface area (TPSA) is 397 Å². The lowest BCUT2D eigenvalue weighted by Crippen LogP contribution is -2.62. The number of unbranched alkanes of at least 4 members (excludes halogenated alkanes) is 2. The summed E-state index contributed by atoms with van der Waals surface area (Å²) in [5.74, 6) is -7.84. The highest BCUT2D eigenvalue weighted by atomic mass is 32.1. The second kappa shape index (κ2) is 34.9. The smallest absolute Gasteiger partial charge is 0.245 e. The van der Waals surface area contributed by atoms with Crippen molar-refractivity contribution in [3.05, 3.63) is 71.9 Å². The van der Waals surface area contributed by atoms with Crippen molar-refractivity contribution in [2.24, 2.45) is 11.5 Å². The minimum atomic E-state index is -1.71. The Morgan fingerprint density at radius 2 is 1.06 bits per heavy atom. The molecule has 0 aliphatic carbocycles. The molecule has 10 atom stereocenters. The van der Waals surface area contributed by atoms with Crippen LogP contribution in [-0.4, -0.2) is 177 Å². The lowest BCUT2D eigenvalue weighted by Gasteiger charge is -2.28. The quantitative estimate of drug-likeness (QED) is 0.0133. The molecule has 3 rings (SSSR count). The fourth-order valence-electron chi connectivity index (χ4n) is 8.48. The third kappa shape index (κ3) is 21.9. The van der Waals surface area contributed by atoms with Gasteiger partial charge in [0.25, 0.3) is 0 Å². The number of H-pyrrole nitrogens is 1. The molecule has 3 aromatic rings. The van der Waals surface area contributed by atoms with Gasteiger partial charge in [-0.15, -0.1) is 0 Å². The number of nitrogens with one attached hydrogen (secondary N) is 11. The van der Waals surface area contributed by atoms with E-state index < -0.39 is 114 Å². The van der Waals surface area contributed by atoms with Crippen molar-refractivity contribution < 1.29 is 53.4 Å². The largest absolute Gasteiger partial charge is 0.391 e. The number of primary amides is 1. The predicted molar refractivity (Wildman–Crippen MR) is 309 cm³/mol. The Kier molecular flexibility index (Phi) is 29.4. The van der Waals surface area contributed by atoms with Crippen LogP contribution in [0.5, 0.6) is 0 Å². The van der Waals surface area contributed by atoms with E-state index in [1.165, 1.54) is 20.8 Å². The normalized spacial score (nSPS) is 14.9. The van der Waals surface area contributed by atoms with Gasteiger partial charge < -0.3 is 79.4 Å². The van der Waals surface area contributed by atoms with Gasteiger partial charge in [-0.3, -0.25) is 48.6 Å². The van der Waals surface area contributed by atoms with Crippen molar-refractivity contribution in [1.29, 1.82) is 5.41 Å². The summed E-state index contributed by atoms with van der Waals surface area (Å²) in [5, 5.41) is 53.3. The summed E-state index contributed by atoms with van der Waals surface area (Å²) in [6, 6.07) is 4.73. The van der Waals surface area contributed by atoms with E-state index in [4.69, 9.17) is 16.9 Å². The number of amides is 9. The number of hydrogen-bond donors (Lipinski definition) is 17.